The van der Waals surface area contributed by atoms with E-state index in [0.29, 0.717) is 17.6 Å². The third-order valence-electron chi connectivity index (χ3n) is 4.25. The molecule has 2 aromatic carbocycles. The van der Waals surface area contributed by atoms with Crippen molar-refractivity contribution in [2.75, 3.05) is 5.32 Å². The van der Waals surface area contributed by atoms with Crippen molar-refractivity contribution in [1.82, 2.24) is 14.8 Å². The Labute approximate surface area is 144 Å². The summed E-state index contributed by atoms with van der Waals surface area (Å²) in [5.74, 6) is 0.651. The molecule has 126 valence electrons. The maximum absolute atomic E-state index is 11.3. The quantitative estimate of drug-likeness (QED) is 0.567. The Morgan fingerprint density at radius 3 is 2.64 bits per heavy atom. The van der Waals surface area contributed by atoms with E-state index in [-0.39, 0.29) is 10.6 Å². The van der Waals surface area contributed by atoms with E-state index < -0.39 is 0 Å². The molecule has 1 saturated carbocycles. The lowest BCUT2D eigenvalue weighted by Crippen LogP contribution is -2.05. The van der Waals surface area contributed by atoms with E-state index in [1.807, 2.05) is 35.8 Å². The highest BCUT2D eigenvalue weighted by Gasteiger charge is 2.25. The lowest BCUT2D eigenvalue weighted by molar-refractivity contribution is -0.384. The summed E-state index contributed by atoms with van der Waals surface area (Å²) in [5.41, 5.74) is 3.51. The molecule has 1 aliphatic rings. The Balaban J connectivity index is 1.76. The zero-order valence-corrected chi connectivity index (χ0v) is 13.7. The lowest BCUT2D eigenvalue weighted by Gasteiger charge is -2.10. The van der Waals surface area contributed by atoms with Gasteiger partial charge in [0.15, 0.2) is 5.82 Å². The van der Waals surface area contributed by atoms with Crippen LogP contribution in [0.25, 0.3) is 17.1 Å². The van der Waals surface area contributed by atoms with Gasteiger partial charge in [-0.2, -0.15) is 0 Å². The SMILES string of the molecule is Cc1ccc(-n2cnnc2-c2ccc([N+](=O)[O-])c(NC3CC3)c2)cc1. The summed E-state index contributed by atoms with van der Waals surface area (Å²) >= 11 is 0. The number of nitro benzene ring substituents is 1. The molecule has 0 amide bonds. The zero-order chi connectivity index (χ0) is 17.4. The van der Waals surface area contributed by atoms with E-state index in [0.717, 1.165) is 24.1 Å². The van der Waals surface area contributed by atoms with E-state index in [1.54, 1.807) is 18.5 Å². The van der Waals surface area contributed by atoms with Crippen LogP contribution in [-0.4, -0.2) is 25.7 Å². The van der Waals surface area contributed by atoms with Crippen molar-refractivity contribution >= 4 is 11.4 Å². The standard InChI is InChI=1S/C18H17N5O2/c1-12-2-7-15(8-3-12)22-11-19-21-18(22)13-4-9-17(23(24)25)16(10-13)20-14-5-6-14/h2-4,7-11,14,20H,5-6H2,1H3. The fraction of sp³-hybridized carbons (Fsp3) is 0.222. The van der Waals surface area contributed by atoms with Crippen LogP contribution in [0.3, 0.4) is 0 Å². The van der Waals surface area contributed by atoms with Gasteiger partial charge in [0.05, 0.1) is 4.92 Å². The van der Waals surface area contributed by atoms with E-state index in [9.17, 15) is 10.1 Å². The van der Waals surface area contributed by atoms with Gasteiger partial charge >= 0.3 is 0 Å². The van der Waals surface area contributed by atoms with Crippen LogP contribution in [0.5, 0.6) is 0 Å². The van der Waals surface area contributed by atoms with Gasteiger partial charge < -0.3 is 5.32 Å². The van der Waals surface area contributed by atoms with E-state index in [4.69, 9.17) is 0 Å². The first-order chi connectivity index (χ1) is 12.1. The van der Waals surface area contributed by atoms with Crippen molar-refractivity contribution in [2.45, 2.75) is 25.8 Å². The fourth-order valence-electron chi connectivity index (χ4n) is 2.72. The van der Waals surface area contributed by atoms with Crippen molar-refractivity contribution in [3.63, 3.8) is 0 Å². The van der Waals surface area contributed by atoms with Crippen molar-refractivity contribution in [1.29, 1.82) is 0 Å². The first-order valence-corrected chi connectivity index (χ1v) is 8.14. The number of aryl methyl sites for hydroxylation is 1. The molecule has 1 heterocycles. The smallest absolute Gasteiger partial charge is 0.292 e. The van der Waals surface area contributed by atoms with Crippen LogP contribution < -0.4 is 5.32 Å². The highest BCUT2D eigenvalue weighted by Crippen LogP contribution is 2.34. The Bertz CT molecular complexity index is 929. The average molecular weight is 335 g/mol. The van der Waals surface area contributed by atoms with Crippen LogP contribution in [0, 0.1) is 17.0 Å². The Morgan fingerprint density at radius 2 is 1.96 bits per heavy atom. The van der Waals surface area contributed by atoms with Crippen LogP contribution in [0.4, 0.5) is 11.4 Å². The second kappa shape index (κ2) is 6.01. The second-order valence-electron chi connectivity index (χ2n) is 6.27. The molecule has 25 heavy (non-hydrogen) atoms. The molecule has 1 N–H and O–H groups in total. The van der Waals surface area contributed by atoms with Gasteiger partial charge in [0.25, 0.3) is 5.69 Å². The Hall–Kier alpha value is -3.22. The molecule has 0 bridgehead atoms. The van der Waals surface area contributed by atoms with Gasteiger partial charge in [-0.25, -0.2) is 0 Å². The maximum atomic E-state index is 11.3. The Morgan fingerprint density at radius 1 is 1.20 bits per heavy atom. The van der Waals surface area contributed by atoms with E-state index >= 15 is 0 Å². The van der Waals surface area contributed by atoms with Gasteiger partial charge in [-0.05, 0) is 44.0 Å². The molecular weight excluding hydrogens is 318 g/mol. The molecule has 0 radical (unpaired) electrons. The molecule has 1 aromatic heterocycles. The largest absolute Gasteiger partial charge is 0.377 e. The summed E-state index contributed by atoms with van der Waals surface area (Å²) in [4.78, 5) is 10.9. The van der Waals surface area contributed by atoms with Crippen molar-refractivity contribution in [2.24, 2.45) is 0 Å². The monoisotopic (exact) mass is 335 g/mol. The first-order valence-electron chi connectivity index (χ1n) is 8.14. The molecule has 1 fully saturated rings. The third kappa shape index (κ3) is 3.08. The molecule has 4 rings (SSSR count). The van der Waals surface area contributed by atoms with Crippen LogP contribution in [-0.2, 0) is 0 Å². The summed E-state index contributed by atoms with van der Waals surface area (Å²) in [6.45, 7) is 2.03. The zero-order valence-electron chi connectivity index (χ0n) is 13.7. The summed E-state index contributed by atoms with van der Waals surface area (Å²) < 4.78 is 1.88. The fourth-order valence-corrected chi connectivity index (χ4v) is 2.72. The van der Waals surface area contributed by atoms with Crippen LogP contribution in [0.1, 0.15) is 18.4 Å². The number of nitro groups is 1. The highest BCUT2D eigenvalue weighted by molar-refractivity contribution is 5.72. The van der Waals surface area contributed by atoms with Crippen LogP contribution in [0.15, 0.2) is 48.8 Å². The number of nitrogens with one attached hydrogen (secondary N) is 1. The van der Waals surface area contributed by atoms with Gasteiger partial charge in [-0.1, -0.05) is 17.7 Å². The van der Waals surface area contributed by atoms with Gasteiger partial charge in [0.2, 0.25) is 0 Å². The van der Waals surface area contributed by atoms with E-state index in [1.165, 1.54) is 11.6 Å². The minimum atomic E-state index is -0.362. The van der Waals surface area contributed by atoms with Crippen LogP contribution in [0.2, 0.25) is 0 Å². The molecule has 3 aromatic rings. The molecule has 0 aliphatic heterocycles. The van der Waals surface area contributed by atoms with Gasteiger partial charge in [0, 0.05) is 23.4 Å². The summed E-state index contributed by atoms with van der Waals surface area (Å²) in [7, 11) is 0. The number of hydrogen-bond acceptors (Lipinski definition) is 5. The predicted octanol–water partition coefficient (Wildman–Crippen LogP) is 3.73. The highest BCUT2D eigenvalue weighted by atomic mass is 16.6. The normalized spacial score (nSPS) is 13.6. The third-order valence-corrected chi connectivity index (χ3v) is 4.25. The molecule has 0 atom stereocenters. The number of nitrogens with zero attached hydrogens (tertiary/aromatic N) is 4. The molecular formula is C18H17N5O2. The summed E-state index contributed by atoms with van der Waals surface area (Å²) in [6, 6.07) is 13.4. The number of benzene rings is 2. The number of aromatic nitrogens is 3. The number of hydrogen-bond donors (Lipinski definition) is 1. The molecule has 0 unspecified atom stereocenters. The summed E-state index contributed by atoms with van der Waals surface area (Å²) in [5, 5.41) is 22.7. The van der Waals surface area contributed by atoms with Crippen molar-refractivity contribution in [3.8, 4) is 17.1 Å². The minimum absolute atomic E-state index is 0.0806. The predicted molar refractivity (Wildman–Crippen MR) is 94.8 cm³/mol. The Kier molecular flexibility index (Phi) is 3.68. The van der Waals surface area contributed by atoms with E-state index in [2.05, 4.69) is 15.5 Å². The minimum Gasteiger partial charge on any atom is -0.377 e. The summed E-state index contributed by atoms with van der Waals surface area (Å²) in [6.07, 6.45) is 3.73. The van der Waals surface area contributed by atoms with Crippen LogP contribution >= 0.6 is 0 Å². The molecule has 0 spiro atoms. The van der Waals surface area contributed by atoms with Gasteiger partial charge in [-0.3, -0.25) is 14.7 Å². The first kappa shape index (κ1) is 15.3. The van der Waals surface area contributed by atoms with Crippen molar-refractivity contribution < 1.29 is 4.92 Å². The average Bonchev–Trinajstić information content (AvgIpc) is 3.28. The second-order valence-corrected chi connectivity index (χ2v) is 6.27. The number of anilines is 1. The molecule has 1 aliphatic carbocycles. The van der Waals surface area contributed by atoms with Crippen molar-refractivity contribution in [3.05, 3.63) is 64.5 Å². The molecule has 7 nitrogen and oxygen atoms in total. The van der Waals surface area contributed by atoms with Gasteiger partial charge in [-0.15, -0.1) is 10.2 Å². The maximum Gasteiger partial charge on any atom is 0.292 e. The lowest BCUT2D eigenvalue weighted by atomic mass is 10.1. The molecule has 0 saturated heterocycles. The van der Waals surface area contributed by atoms with Gasteiger partial charge in [0.1, 0.15) is 12.0 Å². The molecule has 7 heteroatoms. The topological polar surface area (TPSA) is 85.9 Å². The number of rotatable bonds is 5.